The van der Waals surface area contributed by atoms with Gasteiger partial charge in [0.15, 0.2) is 0 Å². The zero-order chi connectivity index (χ0) is 18.8. The van der Waals surface area contributed by atoms with Gasteiger partial charge in [-0.3, -0.25) is 0 Å². The number of amides is 1. The molecule has 0 bridgehead atoms. The van der Waals surface area contributed by atoms with Gasteiger partial charge in [0.2, 0.25) is 0 Å². The Balaban J connectivity index is 1.51. The fourth-order valence-electron chi connectivity index (χ4n) is 5.27. The summed E-state index contributed by atoms with van der Waals surface area (Å²) < 4.78 is 29.1. The van der Waals surface area contributed by atoms with Gasteiger partial charge in [0.05, 0.1) is 10.8 Å². The van der Waals surface area contributed by atoms with E-state index in [9.17, 15) is 18.7 Å². The van der Waals surface area contributed by atoms with Gasteiger partial charge >= 0.3 is 6.09 Å². The molecule has 3 N–H and O–H groups in total. The third-order valence-electron chi connectivity index (χ3n) is 6.59. The van der Waals surface area contributed by atoms with Crippen LogP contribution < -0.4 is 5.32 Å². The average Bonchev–Trinajstić information content (AvgIpc) is 3.08. The molecule has 3 aliphatic rings. The Kier molecular flexibility index (Phi) is 3.42. The van der Waals surface area contributed by atoms with Crippen molar-refractivity contribution < 1.29 is 18.7 Å². The lowest BCUT2D eigenvalue weighted by molar-refractivity contribution is 0.0642. The molecule has 3 atom stereocenters. The Bertz CT molecular complexity index is 916. The van der Waals surface area contributed by atoms with Crippen LogP contribution in [-0.4, -0.2) is 56.1 Å². The Hall–Kier alpha value is -2.45. The highest BCUT2D eigenvalue weighted by Crippen LogP contribution is 2.75. The van der Waals surface area contributed by atoms with Crippen LogP contribution >= 0.6 is 0 Å². The fraction of sp³-hybridized carbons (Fsp3) is 0.611. The SMILES string of the molecule is O=C(O)N1CCC[C@@H](Nc2ncnc3[nH]cc(C45CCCC4C5(F)F)c23)C1. The number of carbonyl (C=O) groups is 1. The smallest absolute Gasteiger partial charge is 0.407 e. The molecule has 27 heavy (non-hydrogen) atoms. The third-order valence-corrected chi connectivity index (χ3v) is 6.59. The third kappa shape index (κ3) is 2.20. The zero-order valence-corrected chi connectivity index (χ0v) is 14.7. The maximum atomic E-state index is 14.6. The first-order valence-electron chi connectivity index (χ1n) is 9.40. The Morgan fingerprint density at radius 2 is 2.19 bits per heavy atom. The molecule has 2 saturated carbocycles. The predicted octanol–water partition coefficient (Wildman–Crippen LogP) is 3.20. The predicted molar refractivity (Wildman–Crippen MR) is 94.1 cm³/mol. The van der Waals surface area contributed by atoms with E-state index in [2.05, 4.69) is 20.3 Å². The van der Waals surface area contributed by atoms with Gasteiger partial charge in [0.1, 0.15) is 17.8 Å². The maximum Gasteiger partial charge on any atom is 0.407 e. The van der Waals surface area contributed by atoms with E-state index >= 15 is 0 Å². The number of hydrogen-bond donors (Lipinski definition) is 3. The molecule has 0 radical (unpaired) electrons. The second-order valence-electron chi connectivity index (χ2n) is 7.90. The minimum Gasteiger partial charge on any atom is -0.465 e. The summed E-state index contributed by atoms with van der Waals surface area (Å²) in [5.74, 6) is -2.77. The molecular formula is C18H21F2N5O2. The highest BCUT2D eigenvalue weighted by atomic mass is 19.3. The van der Waals surface area contributed by atoms with Crippen LogP contribution in [0.1, 0.15) is 37.7 Å². The number of aromatic amines is 1. The van der Waals surface area contributed by atoms with Crippen molar-refractivity contribution in [1.82, 2.24) is 19.9 Å². The average molecular weight is 377 g/mol. The van der Waals surface area contributed by atoms with E-state index in [0.29, 0.717) is 48.3 Å². The summed E-state index contributed by atoms with van der Waals surface area (Å²) in [7, 11) is 0. The van der Waals surface area contributed by atoms with Gasteiger partial charge in [-0.25, -0.2) is 23.5 Å². The van der Waals surface area contributed by atoms with Crippen LogP contribution in [0, 0.1) is 5.92 Å². The van der Waals surface area contributed by atoms with Gasteiger partial charge in [0.25, 0.3) is 5.92 Å². The molecule has 1 aliphatic heterocycles. The maximum absolute atomic E-state index is 14.6. The molecule has 1 amide bonds. The molecule has 3 heterocycles. The summed E-state index contributed by atoms with van der Waals surface area (Å²) >= 11 is 0. The first kappa shape index (κ1) is 16.7. The molecule has 2 aliphatic carbocycles. The second kappa shape index (κ2) is 5.53. The molecule has 2 unspecified atom stereocenters. The molecular weight excluding hydrogens is 356 g/mol. The topological polar surface area (TPSA) is 94.1 Å². The summed E-state index contributed by atoms with van der Waals surface area (Å²) in [5.41, 5.74) is 0.0293. The number of rotatable bonds is 3. The minimum atomic E-state index is -2.68. The largest absolute Gasteiger partial charge is 0.465 e. The summed E-state index contributed by atoms with van der Waals surface area (Å²) in [6.45, 7) is 0.865. The summed E-state index contributed by atoms with van der Waals surface area (Å²) in [6.07, 6.45) is 5.50. The van der Waals surface area contributed by atoms with Crippen LogP contribution in [0.2, 0.25) is 0 Å². The van der Waals surface area contributed by atoms with Crippen molar-refractivity contribution >= 4 is 22.9 Å². The number of likely N-dealkylation sites (tertiary alicyclic amines) is 1. The quantitative estimate of drug-likeness (QED) is 0.764. The van der Waals surface area contributed by atoms with Crippen molar-refractivity contribution in [2.45, 2.75) is 49.5 Å². The fourth-order valence-corrected chi connectivity index (χ4v) is 5.27. The van der Waals surface area contributed by atoms with E-state index in [1.54, 1.807) is 6.20 Å². The van der Waals surface area contributed by atoms with Crippen LogP contribution in [0.5, 0.6) is 0 Å². The van der Waals surface area contributed by atoms with Gasteiger partial charge in [-0.2, -0.15) is 0 Å². The minimum absolute atomic E-state index is 0.104. The van der Waals surface area contributed by atoms with E-state index in [-0.39, 0.29) is 6.04 Å². The van der Waals surface area contributed by atoms with Gasteiger partial charge in [-0.1, -0.05) is 6.42 Å². The van der Waals surface area contributed by atoms with Crippen molar-refractivity contribution in [3.63, 3.8) is 0 Å². The van der Waals surface area contributed by atoms with Crippen LogP contribution in [0.15, 0.2) is 12.5 Å². The molecule has 2 aromatic rings. The molecule has 3 fully saturated rings. The van der Waals surface area contributed by atoms with E-state index in [1.807, 2.05) is 0 Å². The van der Waals surface area contributed by atoms with Crippen LogP contribution in [0.4, 0.5) is 19.4 Å². The molecule has 0 spiro atoms. The highest BCUT2D eigenvalue weighted by Gasteiger charge is 2.82. The number of anilines is 1. The van der Waals surface area contributed by atoms with Crippen LogP contribution in [0.25, 0.3) is 11.0 Å². The van der Waals surface area contributed by atoms with Gasteiger partial charge in [-0.15, -0.1) is 0 Å². The number of aromatic nitrogens is 3. The number of nitrogens with zero attached hydrogens (tertiary/aromatic N) is 3. The van der Waals surface area contributed by atoms with Crippen molar-refractivity contribution in [3.05, 3.63) is 18.1 Å². The molecule has 1 saturated heterocycles. The molecule has 7 nitrogen and oxygen atoms in total. The Morgan fingerprint density at radius 3 is 2.93 bits per heavy atom. The van der Waals surface area contributed by atoms with E-state index in [0.717, 1.165) is 19.3 Å². The lowest BCUT2D eigenvalue weighted by atomic mass is 9.92. The number of carboxylic acid groups (broad SMARTS) is 1. The first-order chi connectivity index (χ1) is 12.9. The first-order valence-corrected chi connectivity index (χ1v) is 9.40. The van der Waals surface area contributed by atoms with Gasteiger partial charge < -0.3 is 20.3 Å². The van der Waals surface area contributed by atoms with Crippen molar-refractivity contribution in [2.75, 3.05) is 18.4 Å². The number of alkyl halides is 2. The number of nitrogens with one attached hydrogen (secondary N) is 2. The molecule has 9 heteroatoms. The standard InChI is InChI=1S/C18H21F2N5O2/c19-18(20)12-4-1-5-17(12,18)11-7-21-14-13(11)15(23-9-22-14)24-10-3-2-6-25(8-10)16(26)27/h7,9-10,12H,1-6,8H2,(H,26,27)(H2,21,22,23,24)/t10-,12?,17?/m1/s1. The number of fused-ring (bicyclic) bond motifs is 2. The van der Waals surface area contributed by atoms with Crippen molar-refractivity contribution in [3.8, 4) is 0 Å². The van der Waals surface area contributed by atoms with Crippen molar-refractivity contribution in [2.24, 2.45) is 5.92 Å². The molecule has 5 rings (SSSR count). The van der Waals surface area contributed by atoms with Crippen LogP contribution in [-0.2, 0) is 5.41 Å². The summed E-state index contributed by atoms with van der Waals surface area (Å²) in [6, 6.07) is -0.104. The zero-order valence-electron chi connectivity index (χ0n) is 14.7. The van der Waals surface area contributed by atoms with E-state index < -0.39 is 23.3 Å². The number of piperidine rings is 1. The lowest BCUT2D eigenvalue weighted by Gasteiger charge is -2.31. The van der Waals surface area contributed by atoms with Crippen LogP contribution in [0.3, 0.4) is 0 Å². The monoisotopic (exact) mass is 377 g/mol. The van der Waals surface area contributed by atoms with E-state index in [4.69, 9.17) is 0 Å². The second-order valence-corrected chi connectivity index (χ2v) is 7.90. The lowest BCUT2D eigenvalue weighted by Crippen LogP contribution is -2.44. The normalized spacial score (nSPS) is 31.7. The van der Waals surface area contributed by atoms with Gasteiger partial charge in [0, 0.05) is 31.2 Å². The summed E-state index contributed by atoms with van der Waals surface area (Å²) in [4.78, 5) is 24.2. The number of hydrogen-bond acceptors (Lipinski definition) is 4. The number of halogens is 2. The molecule has 0 aromatic carbocycles. The van der Waals surface area contributed by atoms with Crippen molar-refractivity contribution in [1.29, 1.82) is 0 Å². The Morgan fingerprint density at radius 1 is 1.33 bits per heavy atom. The Labute approximate surface area is 154 Å². The number of H-pyrrole nitrogens is 1. The highest BCUT2D eigenvalue weighted by molar-refractivity contribution is 5.92. The summed E-state index contributed by atoms with van der Waals surface area (Å²) in [5, 5.41) is 13.1. The van der Waals surface area contributed by atoms with E-state index in [1.165, 1.54) is 11.2 Å². The molecule has 144 valence electrons. The molecule has 2 aromatic heterocycles. The van der Waals surface area contributed by atoms with Gasteiger partial charge in [-0.05, 0) is 31.2 Å².